The van der Waals surface area contributed by atoms with Gasteiger partial charge >= 0.3 is 0 Å². The van der Waals surface area contributed by atoms with Crippen LogP contribution in [0.2, 0.25) is 0 Å². The summed E-state index contributed by atoms with van der Waals surface area (Å²) in [6.07, 6.45) is 4.31. The van der Waals surface area contributed by atoms with Crippen LogP contribution >= 0.6 is 0 Å². The number of nitrogens with zero attached hydrogens (tertiary/aromatic N) is 2. The second-order valence-electron chi connectivity index (χ2n) is 6.59. The molecule has 2 atom stereocenters. The number of benzene rings is 1. The molecule has 0 bridgehead atoms. The number of aliphatic hydroxyl groups is 1. The molecular formula is C19H24N2O3. The fraction of sp³-hybridized carbons (Fsp3) is 0.474. The zero-order valence-electron chi connectivity index (χ0n) is 14.1. The van der Waals surface area contributed by atoms with Crippen molar-refractivity contribution in [1.29, 1.82) is 0 Å². The third-order valence-corrected chi connectivity index (χ3v) is 5.00. The van der Waals surface area contributed by atoms with Crippen LogP contribution in [-0.4, -0.2) is 47.1 Å². The molecular weight excluding hydrogens is 304 g/mol. The Morgan fingerprint density at radius 2 is 2.12 bits per heavy atom. The molecule has 5 heteroatoms. The van der Waals surface area contributed by atoms with E-state index in [0.29, 0.717) is 18.7 Å². The van der Waals surface area contributed by atoms with Gasteiger partial charge in [0, 0.05) is 24.3 Å². The Hall–Kier alpha value is -2.14. The Bertz CT molecular complexity index is 669. The summed E-state index contributed by atoms with van der Waals surface area (Å²) in [5.41, 5.74) is 2.53. The van der Waals surface area contributed by atoms with Gasteiger partial charge in [0.05, 0.1) is 12.1 Å². The lowest BCUT2D eigenvalue weighted by Gasteiger charge is -2.30. The van der Waals surface area contributed by atoms with E-state index in [1.54, 1.807) is 22.8 Å². The molecule has 1 fully saturated rings. The first kappa shape index (κ1) is 16.7. The van der Waals surface area contributed by atoms with Crippen LogP contribution in [0.5, 0.6) is 0 Å². The molecule has 0 aromatic heterocycles. The molecule has 1 aromatic carbocycles. The quantitative estimate of drug-likeness (QED) is 0.865. The highest BCUT2D eigenvalue weighted by Crippen LogP contribution is 2.30. The molecule has 1 aromatic rings. The summed E-state index contributed by atoms with van der Waals surface area (Å²) in [5.74, 6) is -0.142. The number of aryl methyl sites for hydroxylation is 1. The molecule has 2 amide bonds. The highest BCUT2D eigenvalue weighted by molar-refractivity contribution is 6.02. The number of anilines is 1. The fourth-order valence-corrected chi connectivity index (χ4v) is 3.78. The second kappa shape index (κ2) is 6.77. The Balaban J connectivity index is 1.87. The van der Waals surface area contributed by atoms with Crippen LogP contribution in [0, 0.1) is 0 Å². The van der Waals surface area contributed by atoms with Crippen LogP contribution in [0.1, 0.15) is 42.1 Å². The lowest BCUT2D eigenvalue weighted by atomic mass is 9.98. The SMILES string of the molecule is C=CC(=O)N1CCCc2cc(C(=O)N3CCC[C@H]3C(C)O)ccc21. The minimum absolute atomic E-state index is 0.0339. The normalized spacial score (nSPS) is 21.3. The topological polar surface area (TPSA) is 60.9 Å². The van der Waals surface area contributed by atoms with Gasteiger partial charge in [0.2, 0.25) is 5.91 Å². The van der Waals surface area contributed by atoms with E-state index in [2.05, 4.69) is 6.58 Å². The number of carbonyl (C=O) groups excluding carboxylic acids is 2. The average Bonchev–Trinajstić information content (AvgIpc) is 3.09. The third kappa shape index (κ3) is 2.96. The molecule has 2 aliphatic heterocycles. The molecule has 1 saturated heterocycles. The van der Waals surface area contributed by atoms with Crippen molar-refractivity contribution < 1.29 is 14.7 Å². The van der Waals surface area contributed by atoms with E-state index >= 15 is 0 Å². The Labute approximate surface area is 142 Å². The van der Waals surface area contributed by atoms with Gasteiger partial charge < -0.3 is 14.9 Å². The zero-order chi connectivity index (χ0) is 17.3. The number of rotatable bonds is 3. The highest BCUT2D eigenvalue weighted by atomic mass is 16.3. The number of likely N-dealkylation sites (tertiary alicyclic amines) is 1. The van der Waals surface area contributed by atoms with Crippen LogP contribution in [0.15, 0.2) is 30.9 Å². The van der Waals surface area contributed by atoms with Gasteiger partial charge in [-0.25, -0.2) is 0 Å². The van der Waals surface area contributed by atoms with Crippen molar-refractivity contribution >= 4 is 17.5 Å². The second-order valence-corrected chi connectivity index (χ2v) is 6.59. The smallest absolute Gasteiger partial charge is 0.254 e. The monoisotopic (exact) mass is 328 g/mol. The maximum absolute atomic E-state index is 12.8. The van der Waals surface area contributed by atoms with E-state index in [-0.39, 0.29) is 17.9 Å². The summed E-state index contributed by atoms with van der Waals surface area (Å²) < 4.78 is 0. The van der Waals surface area contributed by atoms with Gasteiger partial charge in [-0.05, 0) is 62.4 Å². The molecule has 0 aliphatic carbocycles. The maximum Gasteiger partial charge on any atom is 0.254 e. The van der Waals surface area contributed by atoms with Gasteiger partial charge in [0.1, 0.15) is 0 Å². The van der Waals surface area contributed by atoms with Crippen molar-refractivity contribution in [2.75, 3.05) is 18.0 Å². The molecule has 1 unspecified atom stereocenters. The first-order valence-corrected chi connectivity index (χ1v) is 8.59. The lowest BCUT2D eigenvalue weighted by molar-refractivity contribution is -0.114. The molecule has 1 N–H and O–H groups in total. The van der Waals surface area contributed by atoms with Crippen molar-refractivity contribution in [2.24, 2.45) is 0 Å². The molecule has 2 aliphatic rings. The van der Waals surface area contributed by atoms with Crippen LogP contribution in [0.25, 0.3) is 0 Å². The van der Waals surface area contributed by atoms with Crippen molar-refractivity contribution in [1.82, 2.24) is 4.90 Å². The van der Waals surface area contributed by atoms with Crippen molar-refractivity contribution in [3.8, 4) is 0 Å². The number of amides is 2. The predicted octanol–water partition coefficient (Wildman–Crippen LogP) is 2.14. The highest BCUT2D eigenvalue weighted by Gasteiger charge is 2.33. The molecule has 24 heavy (non-hydrogen) atoms. The van der Waals surface area contributed by atoms with E-state index < -0.39 is 6.10 Å². The van der Waals surface area contributed by atoms with E-state index in [1.165, 1.54) is 6.08 Å². The van der Waals surface area contributed by atoms with Gasteiger partial charge in [-0.3, -0.25) is 9.59 Å². The fourth-order valence-electron chi connectivity index (χ4n) is 3.78. The van der Waals surface area contributed by atoms with Gasteiger partial charge in [0.25, 0.3) is 5.91 Å². The van der Waals surface area contributed by atoms with Gasteiger partial charge in [-0.15, -0.1) is 0 Å². The van der Waals surface area contributed by atoms with Crippen LogP contribution in [-0.2, 0) is 11.2 Å². The molecule has 0 spiro atoms. The molecule has 5 nitrogen and oxygen atoms in total. The predicted molar refractivity (Wildman–Crippen MR) is 93.1 cm³/mol. The largest absolute Gasteiger partial charge is 0.391 e. The number of carbonyl (C=O) groups is 2. The van der Waals surface area contributed by atoms with Crippen LogP contribution in [0.3, 0.4) is 0 Å². The molecule has 128 valence electrons. The van der Waals surface area contributed by atoms with Crippen molar-refractivity contribution in [2.45, 2.75) is 44.8 Å². The Morgan fingerprint density at radius 1 is 1.33 bits per heavy atom. The number of hydrogen-bond acceptors (Lipinski definition) is 3. The number of hydrogen-bond donors (Lipinski definition) is 1. The molecule has 0 radical (unpaired) electrons. The summed E-state index contributed by atoms with van der Waals surface area (Å²) in [4.78, 5) is 28.3. The molecule has 2 heterocycles. The van der Waals surface area contributed by atoms with Crippen molar-refractivity contribution in [3.63, 3.8) is 0 Å². The summed E-state index contributed by atoms with van der Waals surface area (Å²) in [7, 11) is 0. The maximum atomic E-state index is 12.8. The lowest BCUT2D eigenvalue weighted by Crippen LogP contribution is -2.41. The average molecular weight is 328 g/mol. The van der Waals surface area contributed by atoms with Gasteiger partial charge in [-0.2, -0.15) is 0 Å². The van der Waals surface area contributed by atoms with E-state index in [4.69, 9.17) is 0 Å². The van der Waals surface area contributed by atoms with Crippen LogP contribution < -0.4 is 4.90 Å². The van der Waals surface area contributed by atoms with E-state index in [0.717, 1.165) is 36.9 Å². The van der Waals surface area contributed by atoms with E-state index in [1.807, 2.05) is 12.1 Å². The Morgan fingerprint density at radius 3 is 2.83 bits per heavy atom. The van der Waals surface area contributed by atoms with Gasteiger partial charge in [-0.1, -0.05) is 6.58 Å². The summed E-state index contributed by atoms with van der Waals surface area (Å²) in [6, 6.07) is 5.44. The van der Waals surface area contributed by atoms with Crippen LogP contribution in [0.4, 0.5) is 5.69 Å². The Kier molecular flexibility index (Phi) is 4.71. The number of aliphatic hydroxyl groups excluding tert-OH is 1. The molecule has 3 rings (SSSR count). The summed E-state index contributed by atoms with van der Waals surface area (Å²) in [5, 5.41) is 9.89. The minimum atomic E-state index is -0.519. The zero-order valence-corrected chi connectivity index (χ0v) is 14.1. The third-order valence-electron chi connectivity index (χ3n) is 5.00. The standard InChI is InChI=1S/C19H24N2O3/c1-3-18(23)20-10-4-6-14-12-15(8-9-17(14)20)19(24)21-11-5-7-16(21)13(2)22/h3,8-9,12-13,16,22H,1,4-7,10-11H2,2H3/t13?,16-/m0/s1. The summed E-state index contributed by atoms with van der Waals surface area (Å²) in [6.45, 7) is 6.66. The first-order chi connectivity index (χ1) is 11.5. The minimum Gasteiger partial charge on any atom is -0.391 e. The number of fused-ring (bicyclic) bond motifs is 1. The van der Waals surface area contributed by atoms with Gasteiger partial charge in [0.15, 0.2) is 0 Å². The summed E-state index contributed by atoms with van der Waals surface area (Å²) >= 11 is 0. The first-order valence-electron chi connectivity index (χ1n) is 8.59. The van der Waals surface area contributed by atoms with E-state index in [9.17, 15) is 14.7 Å². The van der Waals surface area contributed by atoms with Crippen molar-refractivity contribution in [3.05, 3.63) is 42.0 Å². The molecule has 0 saturated carbocycles.